The van der Waals surface area contributed by atoms with E-state index < -0.39 is 48.9 Å². The zero-order chi connectivity index (χ0) is 23.4. The number of rotatable bonds is 3. The third kappa shape index (κ3) is 2.97. The van der Waals surface area contributed by atoms with Crippen LogP contribution in [0.1, 0.15) is 27.8 Å². The van der Waals surface area contributed by atoms with E-state index in [1.807, 2.05) is 6.92 Å². The Kier molecular flexibility index (Phi) is 2.12. The van der Waals surface area contributed by atoms with Crippen LogP contribution in [0.25, 0.3) is 16.9 Å². The molecule has 23 heavy (non-hydrogen) atoms. The van der Waals surface area contributed by atoms with E-state index in [4.69, 9.17) is 11.0 Å². The van der Waals surface area contributed by atoms with Crippen LogP contribution in [-0.4, -0.2) is 34.3 Å². The van der Waals surface area contributed by atoms with Crippen molar-refractivity contribution < 1.29 is 15.8 Å². The molecule has 1 atom stereocenters. The summed E-state index contributed by atoms with van der Waals surface area (Å²) in [5, 5.41) is 0. The van der Waals surface area contributed by atoms with Gasteiger partial charge in [0.2, 0.25) is 5.91 Å². The highest BCUT2D eigenvalue weighted by molar-refractivity contribution is 5.81. The molecule has 0 saturated carbocycles. The first-order valence-corrected chi connectivity index (χ1v) is 7.00. The average Bonchev–Trinajstić information content (AvgIpc) is 3.02. The van der Waals surface area contributed by atoms with Crippen molar-refractivity contribution in [3.8, 4) is 11.3 Å². The first kappa shape index (κ1) is 8.29. The van der Waals surface area contributed by atoms with E-state index in [1.165, 1.54) is 23.4 Å². The molecule has 0 spiro atoms. The van der Waals surface area contributed by atoms with Crippen LogP contribution in [0.2, 0.25) is 0 Å². The van der Waals surface area contributed by atoms with Crippen molar-refractivity contribution in [3.63, 3.8) is 0 Å². The molecule has 4 nitrogen and oxygen atoms in total. The molecule has 0 radical (unpaired) electrons. The number of amides is 1. The summed E-state index contributed by atoms with van der Waals surface area (Å²) in [5.74, 6) is -0.557. The molecule has 2 aromatic heterocycles. The molecule has 3 aromatic rings. The molecular formula is C19H21N3O. The summed E-state index contributed by atoms with van der Waals surface area (Å²) < 4.78 is 65.9. The number of carbonyl (C=O) groups is 1. The number of nitrogens with zero attached hydrogens (tertiary/aromatic N) is 3. The van der Waals surface area contributed by atoms with Crippen LogP contribution >= 0.6 is 0 Å². The summed E-state index contributed by atoms with van der Waals surface area (Å²) in [6, 6.07) is 0.861. The number of pyridine rings is 1. The van der Waals surface area contributed by atoms with E-state index in [0.29, 0.717) is 5.65 Å². The SMILES string of the molecule is [2H]c1c([2H])c(C([2H])([2H])[2H])c([2H])c([2H])c1-c1nc2ccc(C)cn2c1C([2H])C(=O)N(C)C. The molecule has 1 unspecified atom stereocenters. The minimum absolute atomic E-state index is 0.0603. The van der Waals surface area contributed by atoms with Gasteiger partial charge in [-0.05, 0) is 25.4 Å². The molecule has 3 rings (SSSR count). The lowest BCUT2D eigenvalue weighted by atomic mass is 10.1. The number of hydrogen-bond donors (Lipinski definition) is 0. The molecule has 2 heterocycles. The summed E-state index contributed by atoms with van der Waals surface area (Å²) in [7, 11) is 3.00. The molecule has 0 saturated heterocycles. The van der Waals surface area contributed by atoms with Crippen molar-refractivity contribution in [2.45, 2.75) is 20.2 Å². The number of likely N-dealkylation sites (N-methyl/N-ethyl adjacent to an activating group) is 1. The second-order valence-corrected chi connectivity index (χ2v) is 5.41. The van der Waals surface area contributed by atoms with Gasteiger partial charge in [0.25, 0.3) is 0 Å². The van der Waals surface area contributed by atoms with Gasteiger partial charge in [-0.15, -0.1) is 0 Å². The van der Waals surface area contributed by atoms with Gasteiger partial charge in [0.1, 0.15) is 5.65 Å². The predicted molar refractivity (Wildman–Crippen MR) is 92.5 cm³/mol. The molecule has 4 heteroatoms. The van der Waals surface area contributed by atoms with Gasteiger partial charge in [-0.25, -0.2) is 4.98 Å². The summed E-state index contributed by atoms with van der Waals surface area (Å²) in [5.41, 5.74) is 0.271. The highest BCUT2D eigenvalue weighted by atomic mass is 16.2. The molecule has 0 N–H and O–H groups in total. The zero-order valence-corrected chi connectivity index (χ0v) is 13.1. The van der Waals surface area contributed by atoms with Gasteiger partial charge in [0.15, 0.2) is 0 Å². The third-order valence-corrected chi connectivity index (χ3v) is 3.37. The monoisotopic (exact) mass is 315 g/mol. The molecule has 0 aliphatic heterocycles. The number of aromatic nitrogens is 2. The standard InChI is InChI=1S/C19H21N3O/c1-13-5-8-15(9-6-13)19-16(11-18(23)21(3)4)22-12-14(2)7-10-17(22)20-19/h5-10,12H,11H2,1-4H3/i1D3,5D,6D,8D,9D,11D. The van der Waals surface area contributed by atoms with E-state index in [-0.39, 0.29) is 17.0 Å². The Morgan fingerprint density at radius 3 is 2.70 bits per heavy atom. The molecule has 0 aliphatic rings. The van der Waals surface area contributed by atoms with Gasteiger partial charge in [-0.1, -0.05) is 35.8 Å². The average molecular weight is 315 g/mol. The number of imidazole rings is 1. The Labute approximate surface area is 147 Å². The van der Waals surface area contributed by atoms with Crippen molar-refractivity contribution in [2.24, 2.45) is 0 Å². The van der Waals surface area contributed by atoms with Gasteiger partial charge in [-0.3, -0.25) is 4.79 Å². The van der Waals surface area contributed by atoms with Crippen LogP contribution in [0.5, 0.6) is 0 Å². The summed E-state index contributed by atoms with van der Waals surface area (Å²) >= 11 is 0. The molecule has 0 aliphatic carbocycles. The summed E-state index contributed by atoms with van der Waals surface area (Å²) in [4.78, 5) is 18.2. The van der Waals surface area contributed by atoms with Crippen molar-refractivity contribution in [2.75, 3.05) is 14.1 Å². The van der Waals surface area contributed by atoms with Gasteiger partial charge < -0.3 is 9.30 Å². The second kappa shape index (κ2) is 5.88. The van der Waals surface area contributed by atoms with Gasteiger partial charge in [0.05, 0.1) is 23.3 Å². The van der Waals surface area contributed by atoms with Crippen molar-refractivity contribution >= 4 is 11.6 Å². The van der Waals surface area contributed by atoms with E-state index in [9.17, 15) is 4.79 Å². The van der Waals surface area contributed by atoms with Crippen LogP contribution in [0, 0.1) is 13.8 Å². The fourth-order valence-corrected chi connectivity index (χ4v) is 2.17. The summed E-state index contributed by atoms with van der Waals surface area (Å²) in [6.07, 6.45) is 0.213. The van der Waals surface area contributed by atoms with E-state index in [1.54, 1.807) is 18.3 Å². The first-order chi connectivity index (χ1) is 14.3. The second-order valence-electron chi connectivity index (χ2n) is 5.41. The van der Waals surface area contributed by atoms with Gasteiger partial charge in [-0.2, -0.15) is 0 Å². The number of carbonyl (C=O) groups excluding carboxylic acids is 1. The highest BCUT2D eigenvalue weighted by Crippen LogP contribution is 2.26. The van der Waals surface area contributed by atoms with E-state index in [2.05, 4.69) is 4.98 Å². The van der Waals surface area contributed by atoms with Gasteiger partial charge >= 0.3 is 0 Å². The van der Waals surface area contributed by atoms with Crippen molar-refractivity contribution in [3.05, 3.63) is 59.3 Å². The fourth-order valence-electron chi connectivity index (χ4n) is 2.17. The lowest BCUT2D eigenvalue weighted by Gasteiger charge is -2.11. The lowest BCUT2D eigenvalue weighted by molar-refractivity contribution is -0.128. The molecule has 0 bridgehead atoms. The highest BCUT2D eigenvalue weighted by Gasteiger charge is 2.18. The summed E-state index contributed by atoms with van der Waals surface area (Å²) in [6.45, 7) is -1.02. The lowest BCUT2D eigenvalue weighted by Crippen LogP contribution is -2.24. The maximum atomic E-state index is 12.6. The third-order valence-electron chi connectivity index (χ3n) is 3.37. The quantitative estimate of drug-likeness (QED) is 0.744. The van der Waals surface area contributed by atoms with Crippen LogP contribution in [0.3, 0.4) is 0 Å². The Hall–Kier alpha value is -2.62. The van der Waals surface area contributed by atoms with Crippen molar-refractivity contribution in [1.82, 2.24) is 14.3 Å². The fraction of sp³-hybridized carbons (Fsp3) is 0.263. The largest absolute Gasteiger partial charge is 0.348 e. The zero-order valence-electron chi connectivity index (χ0n) is 21.1. The maximum absolute atomic E-state index is 12.6. The maximum Gasteiger partial charge on any atom is 0.228 e. The Morgan fingerprint density at radius 2 is 2.04 bits per heavy atom. The number of hydrogen-bond acceptors (Lipinski definition) is 2. The topological polar surface area (TPSA) is 37.6 Å². The van der Waals surface area contributed by atoms with Crippen LogP contribution in [0.15, 0.2) is 42.5 Å². The minimum atomic E-state index is -2.84. The Bertz CT molecular complexity index is 1170. The van der Waals surface area contributed by atoms with Gasteiger partial charge in [0, 0.05) is 31.3 Å². The smallest absolute Gasteiger partial charge is 0.228 e. The normalized spacial score (nSPS) is 17.9. The van der Waals surface area contributed by atoms with E-state index >= 15 is 0 Å². The number of aryl methyl sites for hydroxylation is 1. The first-order valence-electron chi connectivity index (χ1n) is 11.1. The predicted octanol–water partition coefficient (Wildman–Crippen LogP) is 3.25. The number of benzene rings is 1. The number of fused-ring (bicyclic) bond motifs is 1. The molecule has 1 amide bonds. The van der Waals surface area contributed by atoms with Crippen LogP contribution < -0.4 is 0 Å². The minimum Gasteiger partial charge on any atom is -0.348 e. The van der Waals surface area contributed by atoms with Crippen LogP contribution in [-0.2, 0) is 11.2 Å². The molecule has 1 aromatic carbocycles. The molecule has 118 valence electrons. The van der Waals surface area contributed by atoms with Crippen molar-refractivity contribution in [1.29, 1.82) is 0 Å². The van der Waals surface area contributed by atoms with Crippen LogP contribution in [0.4, 0.5) is 0 Å². The Balaban J connectivity index is 2.44. The van der Waals surface area contributed by atoms with E-state index in [0.717, 1.165) is 5.56 Å². The molecule has 0 fully saturated rings. The molecular weight excluding hydrogens is 286 g/mol. The Morgan fingerprint density at radius 1 is 1.30 bits per heavy atom.